The Morgan fingerprint density at radius 3 is 2.33 bits per heavy atom. The molecule has 4 rings (SSSR count). The quantitative estimate of drug-likeness (QED) is 0.730. The van der Waals surface area contributed by atoms with Crippen molar-refractivity contribution < 1.29 is 19.2 Å². The van der Waals surface area contributed by atoms with Crippen LogP contribution in [0.5, 0.6) is 0 Å². The molecule has 0 aliphatic carbocycles. The predicted molar refractivity (Wildman–Crippen MR) is 98.2 cm³/mol. The maximum absolute atomic E-state index is 12.8. The molecule has 0 saturated carbocycles. The fourth-order valence-electron chi connectivity index (χ4n) is 4.13. The standard InChI is InChI=1S/C18H22N4O4S/c23-14(22-9-5-18(6-10-22)16(25)19-17(26)20-18)12-3-7-21(8-4-12)15(24)13-2-1-11-27-13/h1-2,11-12H,3-10H2,(H2,19,20,25,26). The second kappa shape index (κ2) is 6.95. The number of hydrogen-bond donors (Lipinski definition) is 2. The molecule has 0 unspecified atom stereocenters. The molecular formula is C18H22N4O4S. The second-order valence-electron chi connectivity index (χ2n) is 7.36. The number of nitrogens with one attached hydrogen (secondary N) is 2. The third-order valence-corrected chi connectivity index (χ3v) is 6.66. The number of likely N-dealkylation sites (tertiary alicyclic amines) is 2. The van der Waals surface area contributed by atoms with Crippen LogP contribution in [0.4, 0.5) is 4.79 Å². The van der Waals surface area contributed by atoms with Crippen LogP contribution < -0.4 is 10.6 Å². The smallest absolute Gasteiger partial charge is 0.322 e. The van der Waals surface area contributed by atoms with Crippen molar-refractivity contribution >= 4 is 35.1 Å². The minimum atomic E-state index is -0.857. The Hall–Kier alpha value is -2.42. The van der Waals surface area contributed by atoms with Crippen LogP contribution in [-0.2, 0) is 9.59 Å². The molecule has 144 valence electrons. The van der Waals surface area contributed by atoms with Gasteiger partial charge in [0.05, 0.1) is 4.88 Å². The van der Waals surface area contributed by atoms with Gasteiger partial charge in [-0.15, -0.1) is 11.3 Å². The lowest BCUT2D eigenvalue weighted by Gasteiger charge is -2.39. The summed E-state index contributed by atoms with van der Waals surface area (Å²) in [7, 11) is 0. The zero-order valence-corrected chi connectivity index (χ0v) is 15.7. The van der Waals surface area contributed by atoms with Crippen molar-refractivity contribution in [2.75, 3.05) is 26.2 Å². The van der Waals surface area contributed by atoms with Crippen LogP contribution in [0.1, 0.15) is 35.4 Å². The van der Waals surface area contributed by atoms with E-state index in [1.165, 1.54) is 11.3 Å². The van der Waals surface area contributed by atoms with Gasteiger partial charge in [-0.25, -0.2) is 4.79 Å². The van der Waals surface area contributed by atoms with Crippen molar-refractivity contribution in [1.29, 1.82) is 0 Å². The Labute approximate surface area is 160 Å². The number of thiophene rings is 1. The van der Waals surface area contributed by atoms with Gasteiger partial charge in [0, 0.05) is 32.1 Å². The molecule has 0 aromatic carbocycles. The third-order valence-electron chi connectivity index (χ3n) is 5.81. The minimum Gasteiger partial charge on any atom is -0.342 e. The van der Waals surface area contributed by atoms with Crippen molar-refractivity contribution in [3.8, 4) is 0 Å². The lowest BCUT2D eigenvalue weighted by Crippen LogP contribution is -2.56. The summed E-state index contributed by atoms with van der Waals surface area (Å²) in [4.78, 5) is 53.0. The van der Waals surface area contributed by atoms with Gasteiger partial charge >= 0.3 is 6.03 Å². The topological polar surface area (TPSA) is 98.8 Å². The van der Waals surface area contributed by atoms with Gasteiger partial charge in [-0.1, -0.05) is 6.07 Å². The van der Waals surface area contributed by atoms with Crippen molar-refractivity contribution in [2.45, 2.75) is 31.2 Å². The van der Waals surface area contributed by atoms with Crippen LogP contribution in [-0.4, -0.2) is 65.3 Å². The highest BCUT2D eigenvalue weighted by Crippen LogP contribution is 2.28. The number of amides is 5. The second-order valence-corrected chi connectivity index (χ2v) is 8.31. The molecule has 3 saturated heterocycles. The van der Waals surface area contributed by atoms with E-state index in [0.29, 0.717) is 51.9 Å². The SMILES string of the molecule is O=C1NC(=O)C2(CCN(C(=O)C3CCN(C(=O)c4cccs4)CC3)CC2)N1. The minimum absolute atomic E-state index is 0.0406. The van der Waals surface area contributed by atoms with Crippen LogP contribution in [0.3, 0.4) is 0 Å². The average Bonchev–Trinajstić information content (AvgIpc) is 3.30. The maximum atomic E-state index is 12.8. The molecule has 2 N–H and O–H groups in total. The number of urea groups is 1. The van der Waals surface area contributed by atoms with Gasteiger partial charge < -0.3 is 15.1 Å². The molecule has 1 spiro atoms. The van der Waals surface area contributed by atoms with Crippen LogP contribution in [0, 0.1) is 5.92 Å². The molecule has 8 nitrogen and oxygen atoms in total. The highest BCUT2D eigenvalue weighted by atomic mass is 32.1. The van der Waals surface area contributed by atoms with Crippen LogP contribution in [0.25, 0.3) is 0 Å². The summed E-state index contributed by atoms with van der Waals surface area (Å²) < 4.78 is 0. The lowest BCUT2D eigenvalue weighted by molar-refractivity contribution is -0.140. The van der Waals surface area contributed by atoms with Crippen molar-refractivity contribution in [3.63, 3.8) is 0 Å². The summed E-state index contributed by atoms with van der Waals surface area (Å²) >= 11 is 1.44. The molecule has 3 fully saturated rings. The largest absolute Gasteiger partial charge is 0.342 e. The first-order valence-electron chi connectivity index (χ1n) is 9.24. The third kappa shape index (κ3) is 3.31. The van der Waals surface area contributed by atoms with Crippen molar-refractivity contribution in [3.05, 3.63) is 22.4 Å². The summed E-state index contributed by atoms with van der Waals surface area (Å²) in [6.07, 6.45) is 2.20. The monoisotopic (exact) mass is 390 g/mol. The normalized spacial score (nSPS) is 22.7. The molecule has 5 amide bonds. The molecule has 27 heavy (non-hydrogen) atoms. The van der Waals surface area contributed by atoms with Gasteiger partial charge in [0.1, 0.15) is 5.54 Å². The molecule has 1 aromatic heterocycles. The molecule has 0 bridgehead atoms. The van der Waals surface area contributed by atoms with Crippen molar-refractivity contribution in [2.24, 2.45) is 5.92 Å². The Bertz CT molecular complexity index is 762. The van der Waals surface area contributed by atoms with E-state index >= 15 is 0 Å². The molecule has 1 aromatic rings. The highest BCUT2D eigenvalue weighted by Gasteiger charge is 2.48. The van der Waals surface area contributed by atoms with Crippen LogP contribution in [0.2, 0.25) is 0 Å². The summed E-state index contributed by atoms with van der Waals surface area (Å²) in [5.41, 5.74) is -0.857. The summed E-state index contributed by atoms with van der Waals surface area (Å²) in [6, 6.07) is 3.23. The van der Waals surface area contributed by atoms with Gasteiger partial charge in [-0.3, -0.25) is 19.7 Å². The fraction of sp³-hybridized carbons (Fsp3) is 0.556. The first-order chi connectivity index (χ1) is 13.0. The Morgan fingerprint density at radius 2 is 1.78 bits per heavy atom. The van der Waals surface area contributed by atoms with Gasteiger partial charge in [0.2, 0.25) is 5.91 Å². The van der Waals surface area contributed by atoms with E-state index in [4.69, 9.17) is 0 Å². The number of hydrogen-bond acceptors (Lipinski definition) is 5. The highest BCUT2D eigenvalue weighted by molar-refractivity contribution is 7.12. The van der Waals surface area contributed by atoms with E-state index < -0.39 is 11.6 Å². The first-order valence-corrected chi connectivity index (χ1v) is 10.1. The summed E-state index contributed by atoms with van der Waals surface area (Å²) in [5.74, 6) is -0.241. The van der Waals surface area contributed by atoms with Crippen LogP contribution >= 0.6 is 11.3 Å². The molecule has 4 heterocycles. The van der Waals surface area contributed by atoms with Crippen LogP contribution in [0.15, 0.2) is 17.5 Å². The molecule has 0 radical (unpaired) electrons. The number of carbonyl (C=O) groups is 4. The van der Waals surface area contributed by atoms with Gasteiger partial charge in [0.25, 0.3) is 11.8 Å². The van der Waals surface area contributed by atoms with E-state index in [2.05, 4.69) is 10.6 Å². The molecule has 3 aliphatic rings. The first kappa shape index (κ1) is 18.0. The van der Waals surface area contributed by atoms with Gasteiger partial charge in [0.15, 0.2) is 0 Å². The molecule has 0 atom stereocenters. The molecule has 3 aliphatic heterocycles. The summed E-state index contributed by atoms with van der Waals surface area (Å²) in [5, 5.41) is 6.88. The van der Waals surface area contributed by atoms with Gasteiger partial charge in [-0.2, -0.15) is 0 Å². The lowest BCUT2D eigenvalue weighted by atomic mass is 9.86. The summed E-state index contributed by atoms with van der Waals surface area (Å²) in [6.45, 7) is 2.09. The number of piperidine rings is 2. The van der Waals surface area contributed by atoms with E-state index in [-0.39, 0.29) is 23.6 Å². The Kier molecular flexibility index (Phi) is 4.63. The number of rotatable bonds is 2. The number of carbonyl (C=O) groups excluding carboxylic acids is 4. The molecule has 9 heteroatoms. The van der Waals surface area contributed by atoms with Gasteiger partial charge in [-0.05, 0) is 37.1 Å². The Morgan fingerprint density at radius 1 is 1.07 bits per heavy atom. The van der Waals surface area contributed by atoms with E-state index in [1.54, 1.807) is 4.90 Å². The zero-order valence-electron chi connectivity index (χ0n) is 14.9. The van der Waals surface area contributed by atoms with E-state index in [9.17, 15) is 19.2 Å². The van der Waals surface area contributed by atoms with E-state index in [0.717, 1.165) is 4.88 Å². The zero-order chi connectivity index (χ0) is 19.0. The average molecular weight is 390 g/mol. The maximum Gasteiger partial charge on any atom is 0.322 e. The Balaban J connectivity index is 1.30. The molecular weight excluding hydrogens is 368 g/mol. The number of imide groups is 1. The fourth-order valence-corrected chi connectivity index (χ4v) is 4.82. The number of nitrogens with zero attached hydrogens (tertiary/aromatic N) is 2. The van der Waals surface area contributed by atoms with Crippen molar-refractivity contribution in [1.82, 2.24) is 20.4 Å². The predicted octanol–water partition coefficient (Wildman–Crippen LogP) is 0.801. The van der Waals surface area contributed by atoms with E-state index in [1.807, 2.05) is 22.4 Å².